The Morgan fingerprint density at radius 3 is 2.92 bits per heavy atom. The molecule has 1 aromatic carbocycles. The fourth-order valence-electron chi connectivity index (χ4n) is 1.29. The Labute approximate surface area is 85.7 Å². The number of hydrogen-bond acceptors (Lipinski definition) is 4. The molecule has 0 unspecified atom stereocenters. The smallest absolute Gasteiger partial charge is 0.160 e. The Kier molecular flexibility index (Phi) is 2.09. The van der Waals surface area contributed by atoms with Gasteiger partial charge in [-0.1, -0.05) is 0 Å². The number of ether oxygens (including phenoxy) is 1. The highest BCUT2D eigenvalue weighted by molar-refractivity contribution is 7.80. The summed E-state index contributed by atoms with van der Waals surface area (Å²) in [7, 11) is 1.63. The maximum atomic E-state index is 5.78. The van der Waals surface area contributed by atoms with Crippen LogP contribution in [-0.4, -0.2) is 7.11 Å². The molecule has 2 N–H and O–H groups in total. The molecule has 0 saturated carbocycles. The molecule has 0 saturated heterocycles. The van der Waals surface area contributed by atoms with Gasteiger partial charge < -0.3 is 10.5 Å². The van der Waals surface area contributed by atoms with E-state index in [0.717, 1.165) is 25.7 Å². The third-order valence-electron chi connectivity index (χ3n) is 1.86. The van der Waals surface area contributed by atoms with Gasteiger partial charge in [0.1, 0.15) is 5.00 Å². The lowest BCUT2D eigenvalue weighted by Gasteiger charge is -1.97. The van der Waals surface area contributed by atoms with Crippen molar-refractivity contribution in [1.29, 1.82) is 0 Å². The zero-order valence-electron chi connectivity index (χ0n) is 7.07. The first-order chi connectivity index (χ1) is 6.22. The molecular weight excluding hydrogens is 202 g/mol. The number of thiophene rings is 1. The summed E-state index contributed by atoms with van der Waals surface area (Å²) in [4.78, 5) is 0.941. The van der Waals surface area contributed by atoms with Crippen LogP contribution in [0.15, 0.2) is 23.1 Å². The van der Waals surface area contributed by atoms with E-state index in [1.54, 1.807) is 7.11 Å². The fraction of sp³-hybridized carbons (Fsp3) is 0.111. The normalized spacial score (nSPS) is 10.6. The van der Waals surface area contributed by atoms with Gasteiger partial charge in [0.05, 0.1) is 7.11 Å². The largest absolute Gasteiger partial charge is 0.493 e. The van der Waals surface area contributed by atoms with Gasteiger partial charge in [0.15, 0.2) is 5.75 Å². The summed E-state index contributed by atoms with van der Waals surface area (Å²) >= 11 is 5.78. The highest BCUT2D eigenvalue weighted by Gasteiger charge is 2.09. The lowest BCUT2D eigenvalue weighted by atomic mass is 10.2. The Bertz CT molecular complexity index is 450. The van der Waals surface area contributed by atoms with Crippen LogP contribution < -0.4 is 10.5 Å². The van der Waals surface area contributed by atoms with E-state index < -0.39 is 0 Å². The minimum absolute atomic E-state index is 0.719. The van der Waals surface area contributed by atoms with Crippen LogP contribution in [0.3, 0.4) is 0 Å². The molecule has 13 heavy (non-hydrogen) atoms. The van der Waals surface area contributed by atoms with Gasteiger partial charge in [0.25, 0.3) is 0 Å². The summed E-state index contributed by atoms with van der Waals surface area (Å²) in [6.07, 6.45) is 0. The molecule has 0 aliphatic rings. The van der Waals surface area contributed by atoms with E-state index in [2.05, 4.69) is 12.6 Å². The number of nitrogen functional groups attached to an aromatic ring is 1. The zero-order valence-corrected chi connectivity index (χ0v) is 8.78. The minimum atomic E-state index is 0.719. The molecule has 2 nitrogen and oxygen atoms in total. The molecule has 0 radical (unpaired) electrons. The van der Waals surface area contributed by atoms with Crippen molar-refractivity contribution >= 4 is 39.1 Å². The molecule has 0 atom stereocenters. The van der Waals surface area contributed by atoms with E-state index in [-0.39, 0.29) is 0 Å². The maximum Gasteiger partial charge on any atom is 0.160 e. The predicted molar refractivity (Wildman–Crippen MR) is 60.0 cm³/mol. The number of thiol groups is 1. The molecule has 0 fully saturated rings. The molecule has 1 heterocycles. The zero-order chi connectivity index (χ0) is 9.42. The fourth-order valence-corrected chi connectivity index (χ4v) is 2.56. The van der Waals surface area contributed by atoms with E-state index in [1.807, 2.05) is 18.2 Å². The number of benzene rings is 1. The van der Waals surface area contributed by atoms with Gasteiger partial charge in [0.2, 0.25) is 0 Å². The van der Waals surface area contributed by atoms with Gasteiger partial charge >= 0.3 is 0 Å². The van der Waals surface area contributed by atoms with Crippen LogP contribution >= 0.6 is 24.0 Å². The second-order valence-electron chi connectivity index (χ2n) is 2.68. The number of nitrogens with two attached hydrogens (primary N) is 1. The molecule has 2 aromatic rings. The third kappa shape index (κ3) is 1.36. The molecule has 0 spiro atoms. The monoisotopic (exact) mass is 211 g/mol. The van der Waals surface area contributed by atoms with E-state index in [4.69, 9.17) is 10.5 Å². The molecule has 2 rings (SSSR count). The number of anilines is 1. The van der Waals surface area contributed by atoms with Crippen LogP contribution in [0.1, 0.15) is 0 Å². The Balaban J connectivity index is 2.79. The SMILES string of the molecule is COc1c(N)sc2cc(S)ccc12. The highest BCUT2D eigenvalue weighted by Crippen LogP contribution is 2.40. The van der Waals surface area contributed by atoms with Crippen LogP contribution in [0, 0.1) is 0 Å². The van der Waals surface area contributed by atoms with Gasteiger partial charge in [-0.25, -0.2) is 0 Å². The quantitative estimate of drug-likeness (QED) is 0.711. The summed E-state index contributed by atoms with van der Waals surface area (Å²) in [5, 5.41) is 1.78. The molecule has 4 heteroatoms. The van der Waals surface area contributed by atoms with Crippen molar-refractivity contribution < 1.29 is 4.74 Å². The van der Waals surface area contributed by atoms with Crippen molar-refractivity contribution in [2.24, 2.45) is 0 Å². The van der Waals surface area contributed by atoms with Crippen LogP contribution in [0.25, 0.3) is 10.1 Å². The van der Waals surface area contributed by atoms with Crippen molar-refractivity contribution in [2.75, 3.05) is 12.8 Å². The second kappa shape index (κ2) is 3.12. The first-order valence-electron chi connectivity index (χ1n) is 3.77. The number of rotatable bonds is 1. The molecule has 0 aliphatic heterocycles. The van der Waals surface area contributed by atoms with Crippen molar-refractivity contribution in [1.82, 2.24) is 0 Å². The first-order valence-corrected chi connectivity index (χ1v) is 5.03. The predicted octanol–water partition coefficient (Wildman–Crippen LogP) is 2.78. The van der Waals surface area contributed by atoms with Gasteiger partial charge in [-0.3, -0.25) is 0 Å². The van der Waals surface area contributed by atoms with Crippen LogP contribution in [0.4, 0.5) is 5.00 Å². The van der Waals surface area contributed by atoms with Crippen molar-refractivity contribution in [3.05, 3.63) is 18.2 Å². The van der Waals surface area contributed by atoms with Gasteiger partial charge in [-0.15, -0.1) is 24.0 Å². The van der Waals surface area contributed by atoms with Gasteiger partial charge in [-0.05, 0) is 18.2 Å². The Hall–Kier alpha value is -0.870. The highest BCUT2D eigenvalue weighted by atomic mass is 32.1. The molecule has 68 valence electrons. The molecule has 0 aliphatic carbocycles. The summed E-state index contributed by atoms with van der Waals surface area (Å²) in [5.41, 5.74) is 5.78. The van der Waals surface area contributed by atoms with Gasteiger partial charge in [0, 0.05) is 15.0 Å². The molecule has 1 aromatic heterocycles. The first kappa shape index (κ1) is 8.72. The summed E-state index contributed by atoms with van der Waals surface area (Å²) in [6, 6.07) is 5.89. The van der Waals surface area contributed by atoms with Crippen molar-refractivity contribution in [3.8, 4) is 5.75 Å². The molecule has 0 amide bonds. The lowest BCUT2D eigenvalue weighted by molar-refractivity contribution is 0.423. The summed E-state index contributed by atoms with van der Waals surface area (Å²) < 4.78 is 6.31. The van der Waals surface area contributed by atoms with Crippen molar-refractivity contribution in [3.63, 3.8) is 0 Å². The minimum Gasteiger partial charge on any atom is -0.493 e. The van der Waals surface area contributed by atoms with E-state index in [9.17, 15) is 0 Å². The molecular formula is C9H9NOS2. The topological polar surface area (TPSA) is 35.2 Å². The Morgan fingerprint density at radius 2 is 2.23 bits per heavy atom. The maximum absolute atomic E-state index is 5.78. The average Bonchev–Trinajstić information content (AvgIpc) is 2.39. The summed E-state index contributed by atoms with van der Waals surface area (Å²) in [6.45, 7) is 0. The van der Waals surface area contributed by atoms with Crippen LogP contribution in [0.5, 0.6) is 5.75 Å². The number of hydrogen-bond donors (Lipinski definition) is 2. The number of fused-ring (bicyclic) bond motifs is 1. The Morgan fingerprint density at radius 1 is 1.46 bits per heavy atom. The average molecular weight is 211 g/mol. The summed E-state index contributed by atoms with van der Waals surface area (Å²) in [5.74, 6) is 0.772. The molecule has 0 bridgehead atoms. The third-order valence-corrected chi connectivity index (χ3v) is 3.10. The van der Waals surface area contributed by atoms with Crippen LogP contribution in [-0.2, 0) is 0 Å². The van der Waals surface area contributed by atoms with E-state index >= 15 is 0 Å². The number of methoxy groups -OCH3 is 1. The second-order valence-corrected chi connectivity index (χ2v) is 4.28. The van der Waals surface area contributed by atoms with E-state index in [0.29, 0.717) is 0 Å². The van der Waals surface area contributed by atoms with Crippen LogP contribution in [0.2, 0.25) is 0 Å². The lowest BCUT2D eigenvalue weighted by Crippen LogP contribution is -1.86. The standard InChI is InChI=1S/C9H9NOS2/c1-11-8-6-3-2-5(12)4-7(6)13-9(8)10/h2-4,12H,10H2,1H3. The van der Waals surface area contributed by atoms with Crippen molar-refractivity contribution in [2.45, 2.75) is 4.90 Å². The van der Waals surface area contributed by atoms with E-state index in [1.165, 1.54) is 11.3 Å². The van der Waals surface area contributed by atoms with Gasteiger partial charge in [-0.2, -0.15) is 0 Å².